The van der Waals surface area contributed by atoms with Crippen LogP contribution in [0.2, 0.25) is 0 Å². The summed E-state index contributed by atoms with van der Waals surface area (Å²) in [5.74, 6) is 0. The summed E-state index contributed by atoms with van der Waals surface area (Å²) in [4.78, 5) is 9.87. The predicted molar refractivity (Wildman–Crippen MR) is 53.0 cm³/mol. The molecular formula is C9H9N3O3. The van der Waals surface area contributed by atoms with Crippen LogP contribution in [0.1, 0.15) is 11.1 Å². The van der Waals surface area contributed by atoms with Gasteiger partial charge in [0, 0.05) is 24.4 Å². The second kappa shape index (κ2) is 4.39. The van der Waals surface area contributed by atoms with Crippen molar-refractivity contribution in [2.75, 3.05) is 12.3 Å². The Morgan fingerprint density at radius 1 is 1.60 bits per heavy atom. The molecule has 0 spiro atoms. The number of anilines is 1. The molecule has 0 atom stereocenters. The molecule has 3 N–H and O–H groups in total. The number of nitro benzene ring substituents is 1. The number of nitriles is 1. The topological polar surface area (TPSA) is 113 Å². The Morgan fingerprint density at radius 3 is 2.73 bits per heavy atom. The fourth-order valence-corrected chi connectivity index (χ4v) is 1.27. The van der Waals surface area contributed by atoms with Crippen LogP contribution < -0.4 is 5.73 Å². The zero-order chi connectivity index (χ0) is 11.4. The van der Waals surface area contributed by atoms with E-state index in [4.69, 9.17) is 16.1 Å². The second-order valence-electron chi connectivity index (χ2n) is 2.90. The van der Waals surface area contributed by atoms with Gasteiger partial charge < -0.3 is 10.8 Å². The molecular weight excluding hydrogens is 198 g/mol. The molecule has 0 aliphatic heterocycles. The number of nitrogen functional groups attached to an aromatic ring is 1. The Morgan fingerprint density at radius 2 is 2.27 bits per heavy atom. The van der Waals surface area contributed by atoms with Crippen LogP contribution in [0.25, 0.3) is 0 Å². The molecule has 0 saturated carbocycles. The summed E-state index contributed by atoms with van der Waals surface area (Å²) in [6.07, 6.45) is 0.215. The van der Waals surface area contributed by atoms with E-state index in [1.807, 2.05) is 6.07 Å². The number of hydrogen-bond donors (Lipinski definition) is 2. The third kappa shape index (κ3) is 2.21. The molecule has 0 aromatic heterocycles. The van der Waals surface area contributed by atoms with Crippen LogP contribution in [0.5, 0.6) is 0 Å². The molecule has 0 unspecified atom stereocenters. The Kier molecular flexibility index (Phi) is 3.21. The maximum Gasteiger partial charge on any atom is 0.272 e. The van der Waals surface area contributed by atoms with Crippen LogP contribution in [0.4, 0.5) is 11.4 Å². The van der Waals surface area contributed by atoms with Gasteiger partial charge in [0.2, 0.25) is 0 Å². The molecule has 1 aromatic carbocycles. The number of non-ortho nitro benzene ring substituents is 1. The summed E-state index contributed by atoms with van der Waals surface area (Å²) in [6.45, 7) is -0.156. The van der Waals surface area contributed by atoms with Crippen molar-refractivity contribution in [2.24, 2.45) is 0 Å². The lowest BCUT2D eigenvalue weighted by Crippen LogP contribution is -2.02. The van der Waals surface area contributed by atoms with Gasteiger partial charge in [0.25, 0.3) is 5.69 Å². The van der Waals surface area contributed by atoms with Crippen LogP contribution in [-0.2, 0) is 6.42 Å². The van der Waals surface area contributed by atoms with Crippen molar-refractivity contribution in [3.63, 3.8) is 0 Å². The van der Waals surface area contributed by atoms with Crippen LogP contribution in [-0.4, -0.2) is 16.6 Å². The molecule has 0 aliphatic rings. The molecule has 0 saturated heterocycles. The zero-order valence-electron chi connectivity index (χ0n) is 7.80. The second-order valence-corrected chi connectivity index (χ2v) is 2.90. The van der Waals surface area contributed by atoms with E-state index in [0.29, 0.717) is 5.56 Å². The standard InChI is InChI=1S/C9H9N3O3/c10-5-6-3-7(12(14)15)4-9(11)8(6)1-2-13/h3-4,13H,1-2,11H2. The van der Waals surface area contributed by atoms with Gasteiger partial charge >= 0.3 is 0 Å². The first-order valence-corrected chi connectivity index (χ1v) is 4.18. The number of aliphatic hydroxyl groups excluding tert-OH is 1. The Labute approximate surface area is 85.7 Å². The van der Waals surface area contributed by atoms with E-state index in [1.165, 1.54) is 6.07 Å². The first kappa shape index (κ1) is 10.9. The van der Waals surface area contributed by atoms with E-state index in [9.17, 15) is 10.1 Å². The lowest BCUT2D eigenvalue weighted by molar-refractivity contribution is -0.384. The average Bonchev–Trinajstić information content (AvgIpc) is 2.20. The fraction of sp³-hybridized carbons (Fsp3) is 0.222. The number of rotatable bonds is 3. The predicted octanol–water partition coefficient (Wildman–Crippen LogP) is 0.583. The highest BCUT2D eigenvalue weighted by molar-refractivity contribution is 5.61. The number of benzene rings is 1. The van der Waals surface area contributed by atoms with E-state index >= 15 is 0 Å². The monoisotopic (exact) mass is 207 g/mol. The highest BCUT2D eigenvalue weighted by atomic mass is 16.6. The molecule has 6 heteroatoms. The molecule has 0 radical (unpaired) electrons. The maximum absolute atomic E-state index is 10.5. The van der Waals surface area contributed by atoms with Crippen molar-refractivity contribution in [3.8, 4) is 6.07 Å². The molecule has 6 nitrogen and oxygen atoms in total. The van der Waals surface area contributed by atoms with Crippen molar-refractivity contribution in [1.29, 1.82) is 5.26 Å². The first-order valence-electron chi connectivity index (χ1n) is 4.18. The molecule has 78 valence electrons. The number of hydrogen-bond acceptors (Lipinski definition) is 5. The zero-order valence-corrected chi connectivity index (χ0v) is 7.80. The summed E-state index contributed by atoms with van der Waals surface area (Å²) in [5.41, 5.74) is 6.08. The van der Waals surface area contributed by atoms with Gasteiger partial charge in [-0.25, -0.2) is 0 Å². The lowest BCUT2D eigenvalue weighted by atomic mass is 10.0. The summed E-state index contributed by atoms with van der Waals surface area (Å²) >= 11 is 0. The fourth-order valence-electron chi connectivity index (χ4n) is 1.27. The maximum atomic E-state index is 10.5. The largest absolute Gasteiger partial charge is 0.398 e. The van der Waals surface area contributed by atoms with Gasteiger partial charge in [-0.05, 0) is 12.0 Å². The Hall–Kier alpha value is -2.13. The molecule has 0 fully saturated rings. The third-order valence-electron chi connectivity index (χ3n) is 1.96. The minimum Gasteiger partial charge on any atom is -0.398 e. The molecule has 1 rings (SSSR count). The van der Waals surface area contributed by atoms with Gasteiger partial charge in [-0.1, -0.05) is 0 Å². The molecule has 0 amide bonds. The van der Waals surface area contributed by atoms with Gasteiger partial charge in [-0.3, -0.25) is 10.1 Å². The molecule has 1 aromatic rings. The minimum atomic E-state index is -0.611. The van der Waals surface area contributed by atoms with Crippen LogP contribution in [0.3, 0.4) is 0 Å². The summed E-state index contributed by atoms with van der Waals surface area (Å²) in [6, 6.07) is 4.16. The van der Waals surface area contributed by atoms with Gasteiger partial charge in [0.15, 0.2) is 0 Å². The van der Waals surface area contributed by atoms with Crippen molar-refractivity contribution in [3.05, 3.63) is 33.4 Å². The van der Waals surface area contributed by atoms with E-state index in [1.54, 1.807) is 0 Å². The lowest BCUT2D eigenvalue weighted by Gasteiger charge is -2.05. The van der Waals surface area contributed by atoms with Crippen LogP contribution in [0.15, 0.2) is 12.1 Å². The number of nitro groups is 1. The SMILES string of the molecule is N#Cc1cc([N+](=O)[O-])cc(N)c1CCO. The van der Waals surface area contributed by atoms with E-state index < -0.39 is 4.92 Å². The highest BCUT2D eigenvalue weighted by Crippen LogP contribution is 2.24. The smallest absolute Gasteiger partial charge is 0.272 e. The van der Waals surface area contributed by atoms with Crippen molar-refractivity contribution in [2.45, 2.75) is 6.42 Å². The number of aliphatic hydroxyl groups is 1. The molecule has 15 heavy (non-hydrogen) atoms. The summed E-state index contributed by atoms with van der Waals surface area (Å²) < 4.78 is 0. The first-order chi connectivity index (χ1) is 7.10. The van der Waals surface area contributed by atoms with Crippen molar-refractivity contribution < 1.29 is 10.0 Å². The highest BCUT2D eigenvalue weighted by Gasteiger charge is 2.14. The third-order valence-corrected chi connectivity index (χ3v) is 1.96. The van der Waals surface area contributed by atoms with Crippen LogP contribution >= 0.6 is 0 Å². The quantitative estimate of drug-likeness (QED) is 0.427. The summed E-state index contributed by atoms with van der Waals surface area (Å²) in [5, 5.41) is 28.0. The van der Waals surface area contributed by atoms with E-state index in [2.05, 4.69) is 0 Å². The average molecular weight is 207 g/mol. The number of nitrogens with two attached hydrogens (primary N) is 1. The molecule has 0 heterocycles. The van der Waals surface area contributed by atoms with E-state index in [0.717, 1.165) is 6.07 Å². The normalized spacial score (nSPS) is 9.60. The Bertz CT molecular complexity index is 437. The van der Waals surface area contributed by atoms with Gasteiger partial charge in [-0.15, -0.1) is 0 Å². The van der Waals surface area contributed by atoms with Gasteiger partial charge in [0.1, 0.15) is 0 Å². The Balaban J connectivity index is 3.32. The molecule has 0 bridgehead atoms. The molecule has 0 aliphatic carbocycles. The summed E-state index contributed by atoms with van der Waals surface area (Å²) in [7, 11) is 0. The van der Waals surface area contributed by atoms with E-state index in [-0.39, 0.29) is 30.0 Å². The number of nitrogens with zero attached hydrogens (tertiary/aromatic N) is 2. The van der Waals surface area contributed by atoms with Crippen LogP contribution in [0, 0.1) is 21.4 Å². The van der Waals surface area contributed by atoms with Gasteiger partial charge in [0.05, 0.1) is 16.6 Å². The van der Waals surface area contributed by atoms with Crippen molar-refractivity contribution in [1.82, 2.24) is 0 Å². The van der Waals surface area contributed by atoms with Gasteiger partial charge in [-0.2, -0.15) is 5.26 Å². The minimum absolute atomic E-state index is 0.135. The van der Waals surface area contributed by atoms with Crippen molar-refractivity contribution >= 4 is 11.4 Å².